The summed E-state index contributed by atoms with van der Waals surface area (Å²) in [5.74, 6) is 1.59. The van der Waals surface area contributed by atoms with E-state index in [1.165, 1.54) is 12.8 Å². The first-order chi connectivity index (χ1) is 9.84. The van der Waals surface area contributed by atoms with E-state index in [0.717, 1.165) is 37.7 Å². The van der Waals surface area contributed by atoms with Crippen molar-refractivity contribution in [3.8, 4) is 5.75 Å². The van der Waals surface area contributed by atoms with Crippen LogP contribution in [0.1, 0.15) is 29.6 Å². The molecule has 0 spiro atoms. The summed E-state index contributed by atoms with van der Waals surface area (Å²) in [4.78, 5) is 14.5. The van der Waals surface area contributed by atoms with Crippen molar-refractivity contribution in [2.24, 2.45) is 5.92 Å². The van der Waals surface area contributed by atoms with Crippen LogP contribution in [0.15, 0.2) is 24.3 Å². The van der Waals surface area contributed by atoms with Crippen molar-refractivity contribution < 1.29 is 9.53 Å². The fraction of sp³-hybridized carbons (Fsp3) is 0.562. The maximum atomic E-state index is 12.5. The standard InChI is InChI=1S/C16H22N2O2/c19-16-14-3-1-2-4-15(14)20-12-11-18(16)10-7-13-5-8-17-9-6-13/h1-4,13,17H,5-12H2. The Balaban J connectivity index is 1.63. The van der Waals surface area contributed by atoms with Gasteiger partial charge in [0.25, 0.3) is 5.91 Å². The number of rotatable bonds is 3. The predicted octanol–water partition coefficient (Wildman–Crippen LogP) is 1.91. The molecule has 0 radical (unpaired) electrons. The van der Waals surface area contributed by atoms with Crippen LogP contribution >= 0.6 is 0 Å². The predicted molar refractivity (Wildman–Crippen MR) is 78.1 cm³/mol. The molecule has 1 saturated heterocycles. The molecule has 2 heterocycles. The summed E-state index contributed by atoms with van der Waals surface area (Å²) in [6.07, 6.45) is 3.57. The van der Waals surface area contributed by atoms with Gasteiger partial charge in [0, 0.05) is 6.54 Å². The molecule has 4 nitrogen and oxygen atoms in total. The molecule has 2 aliphatic rings. The summed E-state index contributed by atoms with van der Waals surface area (Å²) in [7, 11) is 0. The van der Waals surface area contributed by atoms with Gasteiger partial charge < -0.3 is 15.0 Å². The minimum atomic E-state index is 0.118. The molecular formula is C16H22N2O2. The highest BCUT2D eigenvalue weighted by Gasteiger charge is 2.24. The highest BCUT2D eigenvalue weighted by Crippen LogP contribution is 2.23. The zero-order valence-corrected chi connectivity index (χ0v) is 11.8. The molecule has 20 heavy (non-hydrogen) atoms. The van der Waals surface area contributed by atoms with Crippen LogP contribution in [0.3, 0.4) is 0 Å². The van der Waals surface area contributed by atoms with Crippen LogP contribution in [-0.2, 0) is 0 Å². The average molecular weight is 274 g/mol. The van der Waals surface area contributed by atoms with Gasteiger partial charge in [-0.25, -0.2) is 0 Å². The number of nitrogens with zero attached hydrogens (tertiary/aromatic N) is 1. The maximum absolute atomic E-state index is 12.5. The summed E-state index contributed by atoms with van der Waals surface area (Å²) in [5.41, 5.74) is 0.704. The van der Waals surface area contributed by atoms with Gasteiger partial charge >= 0.3 is 0 Å². The first kappa shape index (κ1) is 13.4. The zero-order valence-electron chi connectivity index (χ0n) is 11.8. The first-order valence-corrected chi connectivity index (χ1v) is 7.56. The Morgan fingerprint density at radius 3 is 2.90 bits per heavy atom. The van der Waals surface area contributed by atoms with Crippen LogP contribution in [0.5, 0.6) is 5.75 Å². The van der Waals surface area contributed by atoms with Crippen molar-refractivity contribution in [2.45, 2.75) is 19.3 Å². The minimum absolute atomic E-state index is 0.118. The van der Waals surface area contributed by atoms with E-state index in [4.69, 9.17) is 4.74 Å². The van der Waals surface area contributed by atoms with Crippen LogP contribution in [0.25, 0.3) is 0 Å². The van der Waals surface area contributed by atoms with Gasteiger partial charge in [-0.15, -0.1) is 0 Å². The molecule has 0 unspecified atom stereocenters. The fourth-order valence-electron chi connectivity index (χ4n) is 3.03. The second-order valence-electron chi connectivity index (χ2n) is 5.62. The summed E-state index contributed by atoms with van der Waals surface area (Å²) in [6, 6.07) is 7.55. The number of hydrogen-bond donors (Lipinski definition) is 1. The Bertz CT molecular complexity index is 469. The number of amides is 1. The van der Waals surface area contributed by atoms with E-state index in [9.17, 15) is 4.79 Å². The second-order valence-corrected chi connectivity index (χ2v) is 5.62. The van der Waals surface area contributed by atoms with Crippen LogP contribution in [0.4, 0.5) is 0 Å². The molecule has 1 aromatic rings. The van der Waals surface area contributed by atoms with Gasteiger partial charge in [-0.1, -0.05) is 12.1 Å². The monoisotopic (exact) mass is 274 g/mol. The van der Waals surface area contributed by atoms with Crippen molar-refractivity contribution in [1.29, 1.82) is 0 Å². The van der Waals surface area contributed by atoms with E-state index in [1.807, 2.05) is 29.2 Å². The van der Waals surface area contributed by atoms with Crippen LogP contribution in [0, 0.1) is 5.92 Å². The third kappa shape index (κ3) is 2.96. The molecule has 1 fully saturated rings. The van der Waals surface area contributed by atoms with Gasteiger partial charge in [0.1, 0.15) is 12.4 Å². The molecule has 0 atom stereocenters. The average Bonchev–Trinajstić information content (AvgIpc) is 2.66. The van der Waals surface area contributed by atoms with Gasteiger partial charge in [0.05, 0.1) is 12.1 Å². The Morgan fingerprint density at radius 1 is 1.25 bits per heavy atom. The van der Waals surface area contributed by atoms with Crippen molar-refractivity contribution in [3.05, 3.63) is 29.8 Å². The Morgan fingerprint density at radius 2 is 2.05 bits per heavy atom. The lowest BCUT2D eigenvalue weighted by Gasteiger charge is -2.26. The highest BCUT2D eigenvalue weighted by molar-refractivity contribution is 5.97. The minimum Gasteiger partial charge on any atom is -0.491 e. The highest BCUT2D eigenvalue weighted by atomic mass is 16.5. The van der Waals surface area contributed by atoms with Crippen molar-refractivity contribution in [3.63, 3.8) is 0 Å². The third-order valence-corrected chi connectivity index (χ3v) is 4.29. The largest absolute Gasteiger partial charge is 0.491 e. The van der Waals surface area contributed by atoms with E-state index in [2.05, 4.69) is 5.32 Å². The molecule has 1 aromatic carbocycles. The third-order valence-electron chi connectivity index (χ3n) is 4.29. The van der Waals surface area contributed by atoms with E-state index < -0.39 is 0 Å². The molecule has 0 bridgehead atoms. The number of ether oxygens (including phenoxy) is 1. The normalized spacial score (nSPS) is 20.2. The summed E-state index contributed by atoms with van der Waals surface area (Å²) in [6.45, 7) is 4.36. The number of piperidine rings is 1. The molecule has 4 heteroatoms. The molecule has 0 aromatic heterocycles. The van der Waals surface area contributed by atoms with E-state index in [1.54, 1.807) is 0 Å². The number of nitrogens with one attached hydrogen (secondary N) is 1. The Labute approximate surface area is 120 Å². The topological polar surface area (TPSA) is 41.6 Å². The maximum Gasteiger partial charge on any atom is 0.257 e. The number of hydrogen-bond acceptors (Lipinski definition) is 3. The molecule has 0 aliphatic carbocycles. The molecule has 0 saturated carbocycles. The molecule has 1 amide bonds. The molecule has 1 N–H and O–H groups in total. The van der Waals surface area contributed by atoms with E-state index in [0.29, 0.717) is 18.7 Å². The zero-order chi connectivity index (χ0) is 13.8. The lowest BCUT2D eigenvalue weighted by Crippen LogP contribution is -2.35. The Hall–Kier alpha value is -1.55. The number of para-hydroxylation sites is 1. The number of carbonyl (C=O) groups excluding carboxylic acids is 1. The lowest BCUT2D eigenvalue weighted by atomic mass is 9.94. The smallest absolute Gasteiger partial charge is 0.257 e. The van der Waals surface area contributed by atoms with Gasteiger partial charge in [-0.05, 0) is 50.4 Å². The van der Waals surface area contributed by atoms with Crippen LogP contribution < -0.4 is 10.1 Å². The lowest BCUT2D eigenvalue weighted by molar-refractivity contribution is 0.0742. The van der Waals surface area contributed by atoms with Crippen LogP contribution in [-0.4, -0.2) is 43.6 Å². The van der Waals surface area contributed by atoms with Crippen molar-refractivity contribution in [2.75, 3.05) is 32.8 Å². The SMILES string of the molecule is O=C1c2ccccc2OCCN1CCC1CCNCC1. The molecule has 3 rings (SSSR count). The quantitative estimate of drug-likeness (QED) is 0.915. The van der Waals surface area contributed by atoms with E-state index >= 15 is 0 Å². The van der Waals surface area contributed by atoms with Gasteiger partial charge in [-0.2, -0.15) is 0 Å². The summed E-state index contributed by atoms with van der Waals surface area (Å²) < 4.78 is 5.67. The van der Waals surface area contributed by atoms with Crippen molar-refractivity contribution in [1.82, 2.24) is 10.2 Å². The number of fused-ring (bicyclic) bond motifs is 1. The molecule has 108 valence electrons. The molecular weight excluding hydrogens is 252 g/mol. The fourth-order valence-corrected chi connectivity index (χ4v) is 3.03. The van der Waals surface area contributed by atoms with Crippen molar-refractivity contribution >= 4 is 5.91 Å². The number of carbonyl (C=O) groups is 1. The van der Waals surface area contributed by atoms with Gasteiger partial charge in [0.15, 0.2) is 0 Å². The van der Waals surface area contributed by atoms with Gasteiger partial charge in [0.2, 0.25) is 0 Å². The van der Waals surface area contributed by atoms with E-state index in [-0.39, 0.29) is 5.91 Å². The van der Waals surface area contributed by atoms with Crippen LogP contribution in [0.2, 0.25) is 0 Å². The molecule has 2 aliphatic heterocycles. The first-order valence-electron chi connectivity index (χ1n) is 7.56. The summed E-state index contributed by atoms with van der Waals surface area (Å²) in [5, 5.41) is 3.38. The number of benzene rings is 1. The van der Waals surface area contributed by atoms with Gasteiger partial charge in [-0.3, -0.25) is 4.79 Å². The second kappa shape index (κ2) is 6.27. The summed E-state index contributed by atoms with van der Waals surface area (Å²) >= 11 is 0. The Kier molecular flexibility index (Phi) is 4.21.